The third-order valence-corrected chi connectivity index (χ3v) is 2.42. The second kappa shape index (κ2) is 3.59. The van der Waals surface area contributed by atoms with E-state index in [1.54, 1.807) is 18.5 Å². The number of H-pyrrole nitrogens is 1. The first-order valence-corrected chi connectivity index (χ1v) is 4.86. The molecule has 0 spiro atoms. The molecule has 2 N–H and O–H groups in total. The summed E-state index contributed by atoms with van der Waals surface area (Å²) in [5, 5.41) is 11.5. The van der Waals surface area contributed by atoms with Gasteiger partial charge in [-0.15, -0.1) is 11.3 Å². The number of aryl methyl sites for hydroxylation is 1. The van der Waals surface area contributed by atoms with Gasteiger partial charge in [-0.2, -0.15) is 5.10 Å². The van der Waals surface area contributed by atoms with Crippen molar-refractivity contribution in [3.63, 3.8) is 0 Å². The fraction of sp³-hybridized carbons (Fsp3) is 0.125. The van der Waals surface area contributed by atoms with E-state index in [-0.39, 0.29) is 5.91 Å². The van der Waals surface area contributed by atoms with Crippen molar-refractivity contribution in [2.45, 2.75) is 6.92 Å². The Morgan fingerprint density at radius 2 is 2.50 bits per heavy atom. The van der Waals surface area contributed by atoms with E-state index < -0.39 is 0 Å². The molecule has 0 bridgehead atoms. The Balaban J connectivity index is 2.14. The van der Waals surface area contributed by atoms with Gasteiger partial charge in [-0.3, -0.25) is 15.2 Å². The van der Waals surface area contributed by atoms with Crippen LogP contribution in [0.3, 0.4) is 0 Å². The Hall–Kier alpha value is -1.69. The number of thiazole rings is 1. The van der Waals surface area contributed by atoms with E-state index in [4.69, 9.17) is 0 Å². The highest BCUT2D eigenvalue weighted by atomic mass is 32.1. The average Bonchev–Trinajstić information content (AvgIpc) is 2.75. The smallest absolute Gasteiger partial charge is 0.260 e. The second-order valence-corrected chi connectivity index (χ2v) is 3.59. The predicted octanol–water partition coefficient (Wildman–Crippen LogP) is 1.43. The zero-order valence-electron chi connectivity index (χ0n) is 7.44. The van der Waals surface area contributed by atoms with Crippen molar-refractivity contribution >= 4 is 22.4 Å². The van der Waals surface area contributed by atoms with Crippen LogP contribution in [0, 0.1) is 6.92 Å². The maximum absolute atomic E-state index is 11.6. The highest BCUT2D eigenvalue weighted by Crippen LogP contribution is 2.12. The monoisotopic (exact) mass is 208 g/mol. The molecule has 2 heterocycles. The molecular formula is C8H8N4OS. The quantitative estimate of drug-likeness (QED) is 0.784. The number of hydrogen-bond acceptors (Lipinski definition) is 4. The zero-order chi connectivity index (χ0) is 9.97. The number of aromatic nitrogens is 3. The fourth-order valence-corrected chi connectivity index (χ4v) is 1.55. The van der Waals surface area contributed by atoms with Crippen molar-refractivity contribution in [2.24, 2.45) is 0 Å². The number of aromatic amines is 1. The van der Waals surface area contributed by atoms with Crippen LogP contribution in [0.2, 0.25) is 0 Å². The maximum atomic E-state index is 11.6. The number of anilines is 1. The summed E-state index contributed by atoms with van der Waals surface area (Å²) in [6.07, 6.45) is 3.14. The van der Waals surface area contributed by atoms with E-state index in [1.165, 1.54) is 17.5 Å². The first-order chi connectivity index (χ1) is 6.77. The van der Waals surface area contributed by atoms with Crippen LogP contribution in [0.25, 0.3) is 0 Å². The molecular weight excluding hydrogens is 200 g/mol. The van der Waals surface area contributed by atoms with Crippen LogP contribution in [0.1, 0.15) is 16.1 Å². The van der Waals surface area contributed by atoms with Gasteiger partial charge in [-0.1, -0.05) is 0 Å². The lowest BCUT2D eigenvalue weighted by Gasteiger charge is -1.98. The van der Waals surface area contributed by atoms with Gasteiger partial charge in [0.2, 0.25) is 0 Å². The topological polar surface area (TPSA) is 70.7 Å². The highest BCUT2D eigenvalue weighted by molar-refractivity contribution is 7.13. The summed E-state index contributed by atoms with van der Waals surface area (Å²) in [5.41, 5.74) is 1.29. The number of hydrogen-bond donors (Lipinski definition) is 2. The molecule has 2 aromatic rings. The molecule has 2 rings (SSSR count). The first kappa shape index (κ1) is 8.89. The second-order valence-electron chi connectivity index (χ2n) is 2.70. The summed E-state index contributed by atoms with van der Waals surface area (Å²) in [6, 6.07) is 0. The van der Waals surface area contributed by atoms with Crippen molar-refractivity contribution in [1.29, 1.82) is 0 Å². The molecule has 5 nitrogen and oxygen atoms in total. The lowest BCUT2D eigenvalue weighted by molar-refractivity contribution is 0.102. The van der Waals surface area contributed by atoms with E-state index in [2.05, 4.69) is 20.5 Å². The number of nitrogens with zero attached hydrogens (tertiary/aromatic N) is 2. The molecule has 0 unspecified atom stereocenters. The normalized spacial score (nSPS) is 10.1. The van der Waals surface area contributed by atoms with E-state index >= 15 is 0 Å². The maximum Gasteiger partial charge on any atom is 0.260 e. The molecule has 0 saturated heterocycles. The molecule has 0 aliphatic rings. The van der Waals surface area contributed by atoms with Crippen LogP contribution in [-0.4, -0.2) is 21.1 Å². The number of nitrogens with one attached hydrogen (secondary N) is 2. The summed E-state index contributed by atoms with van der Waals surface area (Å²) in [5.74, 6) is -0.189. The highest BCUT2D eigenvalue weighted by Gasteiger charge is 2.11. The van der Waals surface area contributed by atoms with Gasteiger partial charge in [0.05, 0.1) is 11.8 Å². The summed E-state index contributed by atoms with van der Waals surface area (Å²) >= 11 is 1.38. The zero-order valence-corrected chi connectivity index (χ0v) is 8.26. The van der Waals surface area contributed by atoms with E-state index in [0.717, 1.165) is 5.69 Å². The van der Waals surface area contributed by atoms with E-state index in [1.807, 2.05) is 0 Å². The van der Waals surface area contributed by atoms with Crippen LogP contribution < -0.4 is 5.32 Å². The van der Waals surface area contributed by atoms with Crippen LogP contribution >= 0.6 is 11.3 Å². The molecule has 0 saturated carbocycles. The number of carbonyl (C=O) groups excluding carboxylic acids is 1. The van der Waals surface area contributed by atoms with Gasteiger partial charge in [0, 0.05) is 17.3 Å². The summed E-state index contributed by atoms with van der Waals surface area (Å²) in [7, 11) is 0. The van der Waals surface area contributed by atoms with Crippen molar-refractivity contribution in [3.8, 4) is 0 Å². The molecule has 6 heteroatoms. The minimum atomic E-state index is -0.189. The summed E-state index contributed by atoms with van der Waals surface area (Å²) < 4.78 is 0. The Morgan fingerprint density at radius 3 is 3.07 bits per heavy atom. The van der Waals surface area contributed by atoms with Gasteiger partial charge in [0.15, 0.2) is 5.13 Å². The molecule has 2 aromatic heterocycles. The van der Waals surface area contributed by atoms with Gasteiger partial charge in [-0.25, -0.2) is 4.98 Å². The van der Waals surface area contributed by atoms with Gasteiger partial charge in [-0.05, 0) is 6.92 Å². The molecule has 72 valence electrons. The molecule has 0 aliphatic carbocycles. The van der Waals surface area contributed by atoms with Crippen LogP contribution in [-0.2, 0) is 0 Å². The molecule has 0 radical (unpaired) electrons. The van der Waals surface area contributed by atoms with Crippen molar-refractivity contribution in [2.75, 3.05) is 5.32 Å². The minimum absolute atomic E-state index is 0.189. The lowest BCUT2D eigenvalue weighted by Crippen LogP contribution is -2.11. The molecule has 0 aromatic carbocycles. The molecule has 0 fully saturated rings. The van der Waals surface area contributed by atoms with Crippen LogP contribution in [0.4, 0.5) is 5.13 Å². The number of amides is 1. The molecule has 0 aliphatic heterocycles. The molecule has 0 atom stereocenters. The Morgan fingerprint density at radius 1 is 1.64 bits per heavy atom. The Kier molecular flexibility index (Phi) is 2.28. The SMILES string of the molecule is Cc1[nH]ncc1C(=O)Nc1nccs1. The third kappa shape index (κ3) is 1.64. The van der Waals surface area contributed by atoms with Gasteiger partial charge in [0.1, 0.15) is 0 Å². The van der Waals surface area contributed by atoms with Crippen molar-refractivity contribution < 1.29 is 4.79 Å². The lowest BCUT2D eigenvalue weighted by atomic mass is 10.2. The average molecular weight is 208 g/mol. The first-order valence-electron chi connectivity index (χ1n) is 3.98. The summed E-state index contributed by atoms with van der Waals surface area (Å²) in [4.78, 5) is 15.5. The van der Waals surface area contributed by atoms with Gasteiger partial charge >= 0.3 is 0 Å². The number of carbonyl (C=O) groups is 1. The predicted molar refractivity (Wildman–Crippen MR) is 53.4 cm³/mol. The van der Waals surface area contributed by atoms with E-state index in [9.17, 15) is 4.79 Å². The van der Waals surface area contributed by atoms with Gasteiger partial charge in [0.25, 0.3) is 5.91 Å². The molecule has 14 heavy (non-hydrogen) atoms. The molecule has 1 amide bonds. The van der Waals surface area contributed by atoms with Crippen molar-refractivity contribution in [1.82, 2.24) is 15.2 Å². The van der Waals surface area contributed by atoms with Crippen LogP contribution in [0.5, 0.6) is 0 Å². The standard InChI is InChI=1S/C8H8N4OS/c1-5-6(4-10-12-5)7(13)11-8-9-2-3-14-8/h2-4H,1H3,(H,10,12)(H,9,11,13). The van der Waals surface area contributed by atoms with Crippen LogP contribution in [0.15, 0.2) is 17.8 Å². The third-order valence-electron chi connectivity index (χ3n) is 1.73. The van der Waals surface area contributed by atoms with Crippen molar-refractivity contribution in [3.05, 3.63) is 29.0 Å². The summed E-state index contributed by atoms with van der Waals surface area (Å²) in [6.45, 7) is 1.80. The Labute approximate surface area is 84.2 Å². The minimum Gasteiger partial charge on any atom is -0.298 e. The van der Waals surface area contributed by atoms with Gasteiger partial charge < -0.3 is 0 Å². The Bertz CT molecular complexity index is 434. The largest absolute Gasteiger partial charge is 0.298 e. The number of rotatable bonds is 2. The van der Waals surface area contributed by atoms with E-state index in [0.29, 0.717) is 10.7 Å². The fourth-order valence-electron chi connectivity index (χ4n) is 1.03.